The highest BCUT2D eigenvalue weighted by Gasteiger charge is 2.16. The molecule has 1 unspecified atom stereocenters. The van der Waals surface area contributed by atoms with Crippen LogP contribution in [-0.2, 0) is 33.3 Å². The molecule has 7 nitrogen and oxygen atoms in total. The summed E-state index contributed by atoms with van der Waals surface area (Å²) in [5.41, 5.74) is 0. The van der Waals surface area contributed by atoms with Gasteiger partial charge in [0.15, 0.2) is 6.10 Å². The largest absolute Gasteiger partial charge is 0.464 e. The van der Waals surface area contributed by atoms with Crippen LogP contribution in [0.5, 0.6) is 0 Å². The smallest absolute Gasteiger partial charge is 0.337 e. The van der Waals surface area contributed by atoms with Gasteiger partial charge < -0.3 is 18.9 Å². The first-order valence-corrected chi connectivity index (χ1v) is 4.60. The lowest BCUT2D eigenvalue weighted by Crippen LogP contribution is -2.27. The fraction of sp³-hybridized carbons (Fsp3) is 0.667. The second-order valence-electron chi connectivity index (χ2n) is 2.60. The zero-order valence-electron chi connectivity index (χ0n) is 9.13. The Morgan fingerprint density at radius 2 is 2.00 bits per heavy atom. The van der Waals surface area contributed by atoms with Gasteiger partial charge in [0.05, 0.1) is 6.61 Å². The van der Waals surface area contributed by atoms with Gasteiger partial charge in [-0.25, -0.2) is 9.59 Å². The van der Waals surface area contributed by atoms with E-state index in [-0.39, 0.29) is 19.7 Å². The molecule has 0 bridgehead atoms. The Morgan fingerprint density at radius 1 is 1.31 bits per heavy atom. The van der Waals surface area contributed by atoms with E-state index in [1.165, 1.54) is 6.92 Å². The number of hydrogen-bond donors (Lipinski definition) is 0. The average molecular weight is 234 g/mol. The van der Waals surface area contributed by atoms with Crippen LogP contribution in [-0.4, -0.2) is 44.5 Å². The molecule has 0 aliphatic carbocycles. The molecule has 0 fully saturated rings. The number of carbonyl (C=O) groups excluding carboxylic acids is 3. The van der Waals surface area contributed by atoms with Crippen LogP contribution < -0.4 is 0 Å². The van der Waals surface area contributed by atoms with E-state index in [4.69, 9.17) is 4.74 Å². The van der Waals surface area contributed by atoms with E-state index in [1.54, 1.807) is 6.92 Å². The molecule has 0 saturated carbocycles. The van der Waals surface area contributed by atoms with Crippen molar-refractivity contribution in [2.24, 2.45) is 0 Å². The summed E-state index contributed by atoms with van der Waals surface area (Å²) >= 11 is 0. The molecule has 0 aromatic rings. The van der Waals surface area contributed by atoms with Crippen molar-refractivity contribution >= 4 is 18.4 Å². The fourth-order valence-corrected chi connectivity index (χ4v) is 0.701. The van der Waals surface area contributed by atoms with Gasteiger partial charge in [0, 0.05) is 0 Å². The van der Waals surface area contributed by atoms with Crippen molar-refractivity contribution in [3.63, 3.8) is 0 Å². The minimum atomic E-state index is -0.931. The third kappa shape index (κ3) is 6.77. The minimum absolute atomic E-state index is 0.150. The third-order valence-electron chi connectivity index (χ3n) is 1.43. The molecule has 0 spiro atoms. The number of carbonyl (C=O) groups is 3. The van der Waals surface area contributed by atoms with Crippen molar-refractivity contribution in [1.82, 2.24) is 0 Å². The molecule has 7 heteroatoms. The van der Waals surface area contributed by atoms with E-state index in [0.717, 1.165) is 0 Å². The Labute approximate surface area is 92.6 Å². The van der Waals surface area contributed by atoms with Crippen LogP contribution in [0.1, 0.15) is 13.8 Å². The summed E-state index contributed by atoms with van der Waals surface area (Å²) in [6.45, 7) is 2.65. The van der Waals surface area contributed by atoms with Crippen LogP contribution in [0, 0.1) is 0 Å². The number of ether oxygens (including phenoxy) is 4. The summed E-state index contributed by atoms with van der Waals surface area (Å²) in [6, 6.07) is 0. The summed E-state index contributed by atoms with van der Waals surface area (Å²) < 4.78 is 18.1. The average Bonchev–Trinajstić information content (AvgIpc) is 2.26. The van der Waals surface area contributed by atoms with Gasteiger partial charge in [-0.1, -0.05) is 0 Å². The quantitative estimate of drug-likeness (QED) is 0.245. The number of hydrogen-bond acceptors (Lipinski definition) is 7. The molecule has 0 aromatic carbocycles. The molecule has 16 heavy (non-hydrogen) atoms. The highest BCUT2D eigenvalue weighted by atomic mass is 16.7. The van der Waals surface area contributed by atoms with Gasteiger partial charge in [-0.3, -0.25) is 4.79 Å². The Kier molecular flexibility index (Phi) is 7.78. The Morgan fingerprint density at radius 3 is 2.56 bits per heavy atom. The van der Waals surface area contributed by atoms with Gasteiger partial charge in [0.25, 0.3) is 6.47 Å². The molecule has 0 amide bonds. The maximum Gasteiger partial charge on any atom is 0.337 e. The molecule has 0 radical (unpaired) electrons. The van der Waals surface area contributed by atoms with Crippen LogP contribution >= 0.6 is 0 Å². The minimum Gasteiger partial charge on any atom is -0.464 e. The summed E-state index contributed by atoms with van der Waals surface area (Å²) in [5, 5.41) is 0. The van der Waals surface area contributed by atoms with Crippen LogP contribution in [0.25, 0.3) is 0 Å². The highest BCUT2D eigenvalue weighted by Crippen LogP contribution is 1.95. The predicted octanol–water partition coefficient (Wildman–Crippen LogP) is -0.372. The maximum absolute atomic E-state index is 11.1. The summed E-state index contributed by atoms with van der Waals surface area (Å²) in [4.78, 5) is 31.7. The monoisotopic (exact) mass is 234 g/mol. The van der Waals surface area contributed by atoms with Crippen molar-refractivity contribution in [3.05, 3.63) is 0 Å². The second-order valence-corrected chi connectivity index (χ2v) is 2.60. The van der Waals surface area contributed by atoms with E-state index >= 15 is 0 Å². The standard InChI is InChI=1S/C9H14O7/c1-3-14-8(11)4-15-7(2)9(12)16-6-13-5-10/h5,7H,3-4,6H2,1-2H3. The second kappa shape index (κ2) is 8.66. The Hall–Kier alpha value is -1.63. The van der Waals surface area contributed by atoms with Crippen molar-refractivity contribution in [3.8, 4) is 0 Å². The normalized spacial score (nSPS) is 11.4. The lowest BCUT2D eigenvalue weighted by Gasteiger charge is -2.11. The molecule has 1 atom stereocenters. The van der Waals surface area contributed by atoms with Gasteiger partial charge >= 0.3 is 11.9 Å². The highest BCUT2D eigenvalue weighted by molar-refractivity contribution is 5.75. The zero-order chi connectivity index (χ0) is 12.4. The maximum atomic E-state index is 11.1. The van der Waals surface area contributed by atoms with Crippen LogP contribution in [0.4, 0.5) is 0 Å². The van der Waals surface area contributed by atoms with Gasteiger partial charge in [0.2, 0.25) is 6.79 Å². The Balaban J connectivity index is 3.69. The SMILES string of the molecule is CCOC(=O)COC(C)C(=O)OCOC=O. The first-order chi connectivity index (χ1) is 7.61. The molecule has 0 heterocycles. The van der Waals surface area contributed by atoms with Gasteiger partial charge in [-0.05, 0) is 13.8 Å². The van der Waals surface area contributed by atoms with E-state index in [0.29, 0.717) is 0 Å². The predicted molar refractivity (Wildman–Crippen MR) is 50.2 cm³/mol. The van der Waals surface area contributed by atoms with Gasteiger partial charge in [0.1, 0.15) is 6.61 Å². The van der Waals surface area contributed by atoms with Crippen LogP contribution in [0.15, 0.2) is 0 Å². The van der Waals surface area contributed by atoms with E-state index in [2.05, 4.69) is 14.2 Å². The summed E-state index contributed by atoms with van der Waals surface area (Å²) in [5.74, 6) is -1.29. The molecule has 92 valence electrons. The number of rotatable bonds is 8. The van der Waals surface area contributed by atoms with Crippen LogP contribution in [0.3, 0.4) is 0 Å². The molecule has 0 aliphatic rings. The molecule has 0 N–H and O–H groups in total. The third-order valence-corrected chi connectivity index (χ3v) is 1.43. The Bertz CT molecular complexity index is 238. The molecular formula is C9H14O7. The first-order valence-electron chi connectivity index (χ1n) is 4.60. The molecular weight excluding hydrogens is 220 g/mol. The first kappa shape index (κ1) is 14.4. The lowest BCUT2D eigenvalue weighted by molar-refractivity contribution is -0.172. The van der Waals surface area contributed by atoms with Crippen molar-refractivity contribution in [2.75, 3.05) is 20.0 Å². The summed E-state index contributed by atoms with van der Waals surface area (Å²) in [7, 11) is 0. The molecule has 0 aliphatic heterocycles. The van der Waals surface area contributed by atoms with Gasteiger partial charge in [-0.2, -0.15) is 0 Å². The summed E-state index contributed by atoms with van der Waals surface area (Å²) in [6.07, 6.45) is -0.931. The zero-order valence-corrected chi connectivity index (χ0v) is 9.13. The molecule has 0 aromatic heterocycles. The van der Waals surface area contributed by atoms with E-state index in [1.807, 2.05) is 0 Å². The van der Waals surface area contributed by atoms with Crippen molar-refractivity contribution < 1.29 is 33.3 Å². The van der Waals surface area contributed by atoms with Crippen molar-refractivity contribution in [1.29, 1.82) is 0 Å². The van der Waals surface area contributed by atoms with Gasteiger partial charge in [-0.15, -0.1) is 0 Å². The topological polar surface area (TPSA) is 88.1 Å². The fourth-order valence-electron chi connectivity index (χ4n) is 0.701. The van der Waals surface area contributed by atoms with E-state index in [9.17, 15) is 14.4 Å². The van der Waals surface area contributed by atoms with E-state index < -0.39 is 24.8 Å². The molecule has 0 rings (SSSR count). The number of esters is 2. The van der Waals surface area contributed by atoms with Crippen molar-refractivity contribution in [2.45, 2.75) is 20.0 Å². The molecule has 0 saturated heterocycles. The van der Waals surface area contributed by atoms with Crippen LogP contribution in [0.2, 0.25) is 0 Å². The lowest BCUT2D eigenvalue weighted by atomic mass is 10.4.